The molecule has 25 heavy (non-hydrogen) atoms. The van der Waals surface area contributed by atoms with Crippen molar-refractivity contribution in [2.45, 2.75) is 0 Å². The van der Waals surface area contributed by atoms with Crippen molar-refractivity contribution < 1.29 is 4.79 Å². The van der Waals surface area contributed by atoms with Gasteiger partial charge < -0.3 is 0 Å². The van der Waals surface area contributed by atoms with Crippen LogP contribution in [0.25, 0.3) is 0 Å². The largest absolute Gasteiger partial charge is 0.287 e. The summed E-state index contributed by atoms with van der Waals surface area (Å²) in [5.74, 6) is -0.147. The van der Waals surface area contributed by atoms with E-state index in [1.807, 2.05) is 72.8 Å². The van der Waals surface area contributed by atoms with E-state index in [1.165, 1.54) is 0 Å². The standard InChI is InChI=1S/C21H15IN2O/c22-19-14-8-7-13-18(19)15-23-24-20(16-9-3-1-4-10-16)21(25)17-11-5-2-6-12-17/h1-15H/b23-15-,24-20+. The van der Waals surface area contributed by atoms with Gasteiger partial charge in [-0.3, -0.25) is 4.79 Å². The minimum absolute atomic E-state index is 0.147. The van der Waals surface area contributed by atoms with E-state index in [0.717, 1.165) is 14.7 Å². The molecule has 0 aliphatic carbocycles. The first kappa shape index (κ1) is 17.2. The molecule has 3 aromatic carbocycles. The molecular formula is C21H15IN2O. The van der Waals surface area contributed by atoms with Crippen molar-refractivity contribution in [3.05, 3.63) is 105 Å². The SMILES string of the molecule is O=C(/C(=N/N=C\c1ccccc1I)c1ccccc1)c1ccccc1. The minimum atomic E-state index is -0.147. The summed E-state index contributed by atoms with van der Waals surface area (Å²) in [4.78, 5) is 12.8. The number of carbonyl (C=O) groups excluding carboxylic acids is 1. The quantitative estimate of drug-likeness (QED) is 0.239. The van der Waals surface area contributed by atoms with Crippen LogP contribution in [0, 0.1) is 3.57 Å². The van der Waals surface area contributed by atoms with Gasteiger partial charge in [0.1, 0.15) is 5.71 Å². The van der Waals surface area contributed by atoms with E-state index >= 15 is 0 Å². The van der Waals surface area contributed by atoms with Crippen LogP contribution in [0.4, 0.5) is 0 Å². The molecule has 0 unspecified atom stereocenters. The molecule has 0 fully saturated rings. The van der Waals surface area contributed by atoms with Crippen LogP contribution in [0.3, 0.4) is 0 Å². The molecule has 0 saturated heterocycles. The third kappa shape index (κ3) is 4.48. The smallest absolute Gasteiger partial charge is 0.213 e. The normalized spacial score (nSPS) is 11.6. The summed E-state index contributed by atoms with van der Waals surface area (Å²) >= 11 is 2.25. The van der Waals surface area contributed by atoms with Gasteiger partial charge >= 0.3 is 0 Å². The van der Waals surface area contributed by atoms with E-state index < -0.39 is 0 Å². The summed E-state index contributed by atoms with van der Waals surface area (Å²) in [7, 11) is 0. The molecule has 122 valence electrons. The minimum Gasteiger partial charge on any atom is -0.287 e. The molecule has 0 amide bonds. The average Bonchev–Trinajstić information content (AvgIpc) is 2.67. The molecule has 0 saturated carbocycles. The second kappa shape index (κ2) is 8.48. The average molecular weight is 438 g/mol. The number of halogens is 1. The molecule has 0 heterocycles. The van der Waals surface area contributed by atoms with Crippen molar-refractivity contribution >= 4 is 40.3 Å². The maximum Gasteiger partial charge on any atom is 0.213 e. The Morgan fingerprint density at radius 2 is 1.32 bits per heavy atom. The number of ketones is 1. The summed E-state index contributed by atoms with van der Waals surface area (Å²) in [6.07, 6.45) is 1.67. The van der Waals surface area contributed by atoms with E-state index in [1.54, 1.807) is 18.3 Å². The van der Waals surface area contributed by atoms with E-state index in [-0.39, 0.29) is 5.78 Å². The Balaban J connectivity index is 1.97. The van der Waals surface area contributed by atoms with Gasteiger partial charge in [0.2, 0.25) is 5.78 Å². The first-order valence-electron chi connectivity index (χ1n) is 7.76. The Labute approximate surface area is 160 Å². The zero-order chi connectivity index (χ0) is 17.5. The molecule has 0 aromatic heterocycles. The third-order valence-corrected chi connectivity index (χ3v) is 4.54. The van der Waals surface area contributed by atoms with Gasteiger partial charge in [-0.2, -0.15) is 5.10 Å². The van der Waals surface area contributed by atoms with Crippen LogP contribution in [0.5, 0.6) is 0 Å². The Morgan fingerprint density at radius 3 is 1.96 bits per heavy atom. The van der Waals surface area contributed by atoms with Crippen LogP contribution in [0.1, 0.15) is 21.5 Å². The molecule has 0 aliphatic rings. The second-order valence-corrected chi connectivity index (χ2v) is 6.44. The van der Waals surface area contributed by atoms with Crippen molar-refractivity contribution in [3.63, 3.8) is 0 Å². The monoisotopic (exact) mass is 438 g/mol. The molecular weight excluding hydrogens is 423 g/mol. The predicted octanol–water partition coefficient (Wildman–Crippen LogP) is 5.00. The number of Topliss-reactive ketones (excluding diaryl/α,β-unsaturated/α-hetero) is 1. The van der Waals surface area contributed by atoms with Crippen molar-refractivity contribution in [2.24, 2.45) is 10.2 Å². The maximum absolute atomic E-state index is 12.8. The summed E-state index contributed by atoms with van der Waals surface area (Å²) in [5.41, 5.74) is 2.63. The van der Waals surface area contributed by atoms with Crippen molar-refractivity contribution in [1.82, 2.24) is 0 Å². The molecule has 0 aliphatic heterocycles. The topological polar surface area (TPSA) is 41.8 Å². The Hall–Kier alpha value is -2.60. The molecule has 0 bridgehead atoms. The van der Waals surface area contributed by atoms with E-state index in [4.69, 9.17) is 0 Å². The molecule has 3 aromatic rings. The van der Waals surface area contributed by atoms with Gasteiger partial charge in [-0.15, -0.1) is 5.10 Å². The lowest BCUT2D eigenvalue weighted by Gasteiger charge is -2.04. The number of rotatable bonds is 5. The van der Waals surface area contributed by atoms with Gasteiger partial charge in [0.25, 0.3) is 0 Å². The zero-order valence-corrected chi connectivity index (χ0v) is 15.5. The van der Waals surface area contributed by atoms with Gasteiger partial charge in [0.15, 0.2) is 0 Å². The highest BCUT2D eigenvalue weighted by atomic mass is 127. The molecule has 0 radical (unpaired) electrons. The predicted molar refractivity (Wildman–Crippen MR) is 111 cm³/mol. The van der Waals surface area contributed by atoms with E-state index in [9.17, 15) is 4.79 Å². The highest BCUT2D eigenvalue weighted by molar-refractivity contribution is 14.1. The number of hydrogen-bond donors (Lipinski definition) is 0. The fraction of sp³-hybridized carbons (Fsp3) is 0. The third-order valence-electron chi connectivity index (χ3n) is 3.56. The summed E-state index contributed by atoms with van der Waals surface area (Å²) < 4.78 is 1.08. The fourth-order valence-corrected chi connectivity index (χ4v) is 2.81. The molecule has 0 spiro atoms. The number of nitrogens with zero attached hydrogens (tertiary/aromatic N) is 2. The molecule has 0 N–H and O–H groups in total. The van der Waals surface area contributed by atoms with Crippen molar-refractivity contribution in [1.29, 1.82) is 0 Å². The van der Waals surface area contributed by atoms with Crippen LogP contribution in [0.2, 0.25) is 0 Å². The van der Waals surface area contributed by atoms with Crippen LogP contribution in [0.15, 0.2) is 95.1 Å². The van der Waals surface area contributed by atoms with E-state index in [0.29, 0.717) is 11.3 Å². The molecule has 3 nitrogen and oxygen atoms in total. The zero-order valence-electron chi connectivity index (χ0n) is 13.3. The van der Waals surface area contributed by atoms with Gasteiger partial charge in [-0.25, -0.2) is 0 Å². The molecule has 3 rings (SSSR count). The van der Waals surface area contributed by atoms with Crippen LogP contribution in [-0.2, 0) is 0 Å². The fourth-order valence-electron chi connectivity index (χ4n) is 2.29. The van der Waals surface area contributed by atoms with E-state index in [2.05, 4.69) is 32.8 Å². The van der Waals surface area contributed by atoms with Crippen molar-refractivity contribution in [2.75, 3.05) is 0 Å². The Kier molecular flexibility index (Phi) is 5.85. The van der Waals surface area contributed by atoms with Gasteiger partial charge in [-0.1, -0.05) is 78.9 Å². The Morgan fingerprint density at radius 1 is 0.760 bits per heavy atom. The maximum atomic E-state index is 12.8. The lowest BCUT2D eigenvalue weighted by molar-refractivity contribution is 0.106. The van der Waals surface area contributed by atoms with Crippen LogP contribution < -0.4 is 0 Å². The van der Waals surface area contributed by atoms with Crippen LogP contribution >= 0.6 is 22.6 Å². The Bertz CT molecular complexity index is 919. The highest BCUT2D eigenvalue weighted by Gasteiger charge is 2.15. The number of benzene rings is 3. The van der Waals surface area contributed by atoms with Gasteiger partial charge in [-0.05, 0) is 28.7 Å². The number of carbonyl (C=O) groups is 1. The van der Waals surface area contributed by atoms with Gasteiger partial charge in [0.05, 0.1) is 6.21 Å². The van der Waals surface area contributed by atoms with Gasteiger partial charge in [0, 0.05) is 20.3 Å². The second-order valence-electron chi connectivity index (χ2n) is 5.28. The van der Waals surface area contributed by atoms with Crippen LogP contribution in [-0.4, -0.2) is 17.7 Å². The lowest BCUT2D eigenvalue weighted by Crippen LogP contribution is -2.15. The summed E-state index contributed by atoms with van der Waals surface area (Å²) in [5, 5.41) is 8.40. The summed E-state index contributed by atoms with van der Waals surface area (Å²) in [6.45, 7) is 0. The first-order chi connectivity index (χ1) is 12.3. The van der Waals surface area contributed by atoms with Crippen molar-refractivity contribution in [3.8, 4) is 0 Å². The number of hydrogen-bond acceptors (Lipinski definition) is 3. The molecule has 0 atom stereocenters. The highest BCUT2D eigenvalue weighted by Crippen LogP contribution is 2.11. The molecule has 4 heteroatoms. The summed E-state index contributed by atoms with van der Waals surface area (Å²) in [6, 6.07) is 26.4. The first-order valence-corrected chi connectivity index (χ1v) is 8.84. The lowest BCUT2D eigenvalue weighted by atomic mass is 10.0.